The van der Waals surface area contributed by atoms with E-state index in [4.69, 9.17) is 9.15 Å². The van der Waals surface area contributed by atoms with Crippen molar-refractivity contribution in [3.8, 4) is 0 Å². The molecule has 0 saturated heterocycles. The quantitative estimate of drug-likeness (QED) is 0.687. The maximum Gasteiger partial charge on any atom is 0.315 e. The van der Waals surface area contributed by atoms with Crippen molar-refractivity contribution in [1.29, 1.82) is 0 Å². The predicted octanol–water partition coefficient (Wildman–Crippen LogP) is 1.85. The molecular weight excluding hydrogens is 268 g/mol. The van der Waals surface area contributed by atoms with Crippen molar-refractivity contribution >= 4 is 6.01 Å². The van der Waals surface area contributed by atoms with Gasteiger partial charge < -0.3 is 19.8 Å². The van der Waals surface area contributed by atoms with Gasteiger partial charge in [0.2, 0.25) is 5.89 Å². The zero-order valence-electron chi connectivity index (χ0n) is 12.5. The fraction of sp³-hybridized carbons (Fsp3) is 0.467. The van der Waals surface area contributed by atoms with E-state index in [-0.39, 0.29) is 6.04 Å². The van der Waals surface area contributed by atoms with Crippen LogP contribution in [0, 0.1) is 0 Å². The van der Waals surface area contributed by atoms with Gasteiger partial charge in [0.15, 0.2) is 0 Å². The maximum atomic E-state index is 5.54. The number of hydrogen-bond acceptors (Lipinski definition) is 6. The molecule has 0 bridgehead atoms. The Morgan fingerprint density at radius 2 is 2.05 bits per heavy atom. The lowest BCUT2D eigenvalue weighted by atomic mass is 10.1. The Morgan fingerprint density at radius 1 is 1.24 bits per heavy atom. The number of nitrogens with zero attached hydrogens (tertiary/aromatic N) is 2. The van der Waals surface area contributed by atoms with Crippen molar-refractivity contribution < 1.29 is 9.15 Å². The average molecular weight is 290 g/mol. The summed E-state index contributed by atoms with van der Waals surface area (Å²) in [5.74, 6) is 0.570. The second-order valence-corrected chi connectivity index (χ2v) is 4.91. The molecule has 0 aliphatic heterocycles. The van der Waals surface area contributed by atoms with Crippen LogP contribution in [0.2, 0.25) is 0 Å². The zero-order valence-corrected chi connectivity index (χ0v) is 12.5. The lowest BCUT2D eigenvalue weighted by Gasteiger charge is -2.11. The molecule has 1 aromatic carbocycles. The minimum absolute atomic E-state index is 0.224. The molecule has 0 amide bonds. The zero-order chi connectivity index (χ0) is 14.9. The summed E-state index contributed by atoms with van der Waals surface area (Å²) in [6.07, 6.45) is 0.907. The Hall–Kier alpha value is -1.92. The molecule has 2 N–H and O–H groups in total. The van der Waals surface area contributed by atoms with Gasteiger partial charge in [0.1, 0.15) is 0 Å². The van der Waals surface area contributed by atoms with Crippen molar-refractivity contribution in [2.75, 3.05) is 25.6 Å². The van der Waals surface area contributed by atoms with Crippen molar-refractivity contribution in [2.24, 2.45) is 0 Å². The lowest BCUT2D eigenvalue weighted by Crippen LogP contribution is -2.19. The van der Waals surface area contributed by atoms with E-state index in [1.807, 2.05) is 18.2 Å². The van der Waals surface area contributed by atoms with Crippen molar-refractivity contribution in [3.05, 3.63) is 41.8 Å². The van der Waals surface area contributed by atoms with E-state index in [1.54, 1.807) is 7.11 Å². The van der Waals surface area contributed by atoms with E-state index in [9.17, 15) is 0 Å². The highest BCUT2D eigenvalue weighted by molar-refractivity contribution is 5.22. The van der Waals surface area contributed by atoms with Crippen molar-refractivity contribution in [1.82, 2.24) is 15.5 Å². The summed E-state index contributed by atoms with van der Waals surface area (Å²) in [5, 5.41) is 14.4. The lowest BCUT2D eigenvalue weighted by molar-refractivity contribution is 0.198. The summed E-state index contributed by atoms with van der Waals surface area (Å²) >= 11 is 0. The number of aromatic nitrogens is 2. The van der Waals surface area contributed by atoms with Crippen LogP contribution in [0.4, 0.5) is 6.01 Å². The third-order valence-corrected chi connectivity index (χ3v) is 2.98. The van der Waals surface area contributed by atoms with Gasteiger partial charge in [-0.2, -0.15) is 0 Å². The number of nitrogens with one attached hydrogen (secondary N) is 2. The van der Waals surface area contributed by atoms with Crippen LogP contribution in [-0.4, -0.2) is 36.5 Å². The van der Waals surface area contributed by atoms with Gasteiger partial charge >= 0.3 is 6.01 Å². The third kappa shape index (κ3) is 5.53. The maximum absolute atomic E-state index is 5.54. The molecule has 0 saturated carbocycles. The second-order valence-electron chi connectivity index (χ2n) is 4.91. The Labute approximate surface area is 124 Å². The fourth-order valence-electron chi connectivity index (χ4n) is 1.98. The van der Waals surface area contributed by atoms with Gasteiger partial charge in [0.25, 0.3) is 0 Å². The summed E-state index contributed by atoms with van der Waals surface area (Å²) in [7, 11) is 1.67. The molecule has 6 nitrogen and oxygen atoms in total. The van der Waals surface area contributed by atoms with Crippen molar-refractivity contribution in [2.45, 2.75) is 25.9 Å². The first kappa shape index (κ1) is 15.5. The number of ether oxygens (including phenoxy) is 1. The third-order valence-electron chi connectivity index (χ3n) is 2.98. The Balaban J connectivity index is 1.76. The van der Waals surface area contributed by atoms with Crippen LogP contribution in [0.15, 0.2) is 34.7 Å². The van der Waals surface area contributed by atoms with Crippen LogP contribution in [0.3, 0.4) is 0 Å². The minimum Gasteiger partial charge on any atom is -0.407 e. The van der Waals surface area contributed by atoms with E-state index < -0.39 is 0 Å². The molecular formula is C15H22N4O2. The van der Waals surface area contributed by atoms with Gasteiger partial charge in [-0.15, -0.1) is 5.10 Å². The van der Waals surface area contributed by atoms with Crippen LogP contribution < -0.4 is 10.6 Å². The number of benzene rings is 1. The average Bonchev–Trinajstić information content (AvgIpc) is 2.92. The largest absolute Gasteiger partial charge is 0.407 e. The highest BCUT2D eigenvalue weighted by Gasteiger charge is 2.09. The molecule has 114 valence electrons. The molecule has 0 fully saturated rings. The Morgan fingerprint density at radius 3 is 2.81 bits per heavy atom. The van der Waals surface area contributed by atoms with Gasteiger partial charge in [-0.1, -0.05) is 35.4 Å². The van der Waals surface area contributed by atoms with Gasteiger partial charge in [-0.3, -0.25) is 0 Å². The summed E-state index contributed by atoms with van der Waals surface area (Å²) in [6, 6.07) is 11.0. The molecule has 0 aliphatic carbocycles. The second kappa shape index (κ2) is 8.39. The SMILES string of the molecule is COCCNCc1nnc(NC(C)Cc2ccccc2)o1. The molecule has 1 atom stereocenters. The molecule has 0 aliphatic rings. The fourth-order valence-corrected chi connectivity index (χ4v) is 1.98. The summed E-state index contributed by atoms with van der Waals surface area (Å²) in [6.45, 7) is 4.05. The first-order valence-electron chi connectivity index (χ1n) is 7.10. The van der Waals surface area contributed by atoms with Gasteiger partial charge in [-0.25, -0.2) is 0 Å². The smallest absolute Gasteiger partial charge is 0.315 e. The van der Waals surface area contributed by atoms with E-state index >= 15 is 0 Å². The molecule has 2 rings (SSSR count). The van der Waals surface area contributed by atoms with Gasteiger partial charge in [0, 0.05) is 19.7 Å². The van der Waals surface area contributed by atoms with E-state index in [0.29, 0.717) is 25.1 Å². The van der Waals surface area contributed by atoms with E-state index in [0.717, 1.165) is 13.0 Å². The Bertz CT molecular complexity index is 515. The highest BCUT2D eigenvalue weighted by Crippen LogP contribution is 2.10. The molecule has 1 aromatic heterocycles. The first-order valence-corrected chi connectivity index (χ1v) is 7.10. The first-order chi connectivity index (χ1) is 10.3. The molecule has 0 spiro atoms. The predicted molar refractivity (Wildman–Crippen MR) is 81.1 cm³/mol. The monoisotopic (exact) mass is 290 g/mol. The number of hydrogen-bond donors (Lipinski definition) is 2. The highest BCUT2D eigenvalue weighted by atomic mass is 16.5. The van der Waals surface area contributed by atoms with Crippen LogP contribution in [0.1, 0.15) is 18.4 Å². The summed E-state index contributed by atoms with van der Waals surface area (Å²) in [4.78, 5) is 0. The van der Waals surface area contributed by atoms with E-state index in [1.165, 1.54) is 5.56 Å². The minimum atomic E-state index is 0.224. The van der Waals surface area contributed by atoms with Gasteiger partial charge in [-0.05, 0) is 18.9 Å². The van der Waals surface area contributed by atoms with Crippen LogP contribution in [0.25, 0.3) is 0 Å². The summed E-state index contributed by atoms with van der Waals surface area (Å²) in [5.41, 5.74) is 1.28. The molecule has 21 heavy (non-hydrogen) atoms. The standard InChI is InChI=1S/C15H22N4O2/c1-12(10-13-6-4-3-5-7-13)17-15-19-18-14(21-15)11-16-8-9-20-2/h3-7,12,16H,8-11H2,1-2H3,(H,17,19). The number of methoxy groups -OCH3 is 1. The van der Waals surface area contributed by atoms with Crippen molar-refractivity contribution in [3.63, 3.8) is 0 Å². The number of anilines is 1. The molecule has 0 radical (unpaired) electrons. The molecule has 1 heterocycles. The van der Waals surface area contributed by atoms with Crippen LogP contribution in [0.5, 0.6) is 0 Å². The summed E-state index contributed by atoms with van der Waals surface area (Å²) < 4.78 is 10.5. The van der Waals surface area contributed by atoms with Gasteiger partial charge in [0.05, 0.1) is 13.2 Å². The number of rotatable bonds is 9. The molecule has 2 aromatic rings. The van der Waals surface area contributed by atoms with Crippen LogP contribution in [-0.2, 0) is 17.7 Å². The molecule has 6 heteroatoms. The topological polar surface area (TPSA) is 72.2 Å². The normalized spacial score (nSPS) is 12.3. The molecule has 1 unspecified atom stereocenters. The Kier molecular flexibility index (Phi) is 6.18. The van der Waals surface area contributed by atoms with E-state index in [2.05, 4.69) is 39.9 Å². The van der Waals surface area contributed by atoms with Crippen LogP contribution >= 0.6 is 0 Å².